The molecular formula is C20H18ClF3N4O2S. The third-order valence-corrected chi connectivity index (χ3v) is 5.47. The molecule has 1 unspecified atom stereocenters. The smallest absolute Gasteiger partial charge is 0.406 e. The molecule has 164 valence electrons. The molecule has 3 N–H and O–H groups in total. The quantitative estimate of drug-likeness (QED) is 0.525. The van der Waals surface area contributed by atoms with Crippen LogP contribution < -0.4 is 15.8 Å². The van der Waals surface area contributed by atoms with Crippen molar-refractivity contribution in [2.75, 3.05) is 0 Å². The van der Waals surface area contributed by atoms with Gasteiger partial charge in [-0.15, -0.1) is 23.4 Å². The van der Waals surface area contributed by atoms with Gasteiger partial charge in [0.1, 0.15) is 15.8 Å². The molecule has 0 aliphatic heterocycles. The standard InChI is InChI=1S/C20H18ClF3N4O2S/c1-11(29)26-17(6-12-2-4-13(10-25)5-3-12)19-28-27-18(31-19)14-7-15(21)9-16(8-14)30-20(22,23)24/h2-5,7-9,17H,6,10,25H2,1H3,(H,26,29). The Morgan fingerprint density at radius 1 is 1.19 bits per heavy atom. The average Bonchev–Trinajstić information content (AvgIpc) is 3.16. The van der Waals surface area contributed by atoms with Crippen LogP contribution in [0.25, 0.3) is 10.6 Å². The first-order valence-electron chi connectivity index (χ1n) is 9.08. The Kier molecular flexibility index (Phi) is 7.14. The molecule has 0 saturated carbocycles. The van der Waals surface area contributed by atoms with Crippen molar-refractivity contribution in [3.05, 3.63) is 63.6 Å². The number of benzene rings is 2. The summed E-state index contributed by atoms with van der Waals surface area (Å²) in [6, 6.07) is 10.9. The van der Waals surface area contributed by atoms with Gasteiger partial charge in [0.05, 0.1) is 6.04 Å². The second-order valence-electron chi connectivity index (χ2n) is 6.65. The number of carbonyl (C=O) groups is 1. The summed E-state index contributed by atoms with van der Waals surface area (Å²) in [6.07, 6.45) is -4.39. The van der Waals surface area contributed by atoms with E-state index >= 15 is 0 Å². The van der Waals surface area contributed by atoms with Crippen LogP contribution in [0.5, 0.6) is 5.75 Å². The van der Waals surface area contributed by atoms with Gasteiger partial charge in [0.25, 0.3) is 0 Å². The van der Waals surface area contributed by atoms with Gasteiger partial charge in [0.15, 0.2) is 0 Å². The van der Waals surface area contributed by atoms with Crippen LogP contribution in [0.1, 0.15) is 29.1 Å². The minimum atomic E-state index is -4.84. The first kappa shape index (κ1) is 23.0. The summed E-state index contributed by atoms with van der Waals surface area (Å²) in [5.74, 6) is -0.700. The van der Waals surface area contributed by atoms with Crippen molar-refractivity contribution in [1.29, 1.82) is 0 Å². The van der Waals surface area contributed by atoms with Crippen molar-refractivity contribution < 1.29 is 22.7 Å². The van der Waals surface area contributed by atoms with Crippen LogP contribution in [0.4, 0.5) is 13.2 Å². The molecule has 0 bridgehead atoms. The Balaban J connectivity index is 1.87. The number of ether oxygens (including phenoxy) is 1. The molecule has 3 rings (SSSR count). The lowest BCUT2D eigenvalue weighted by molar-refractivity contribution is -0.274. The van der Waals surface area contributed by atoms with Crippen LogP contribution in [0.15, 0.2) is 42.5 Å². The largest absolute Gasteiger partial charge is 0.573 e. The van der Waals surface area contributed by atoms with Gasteiger partial charge in [-0.25, -0.2) is 0 Å². The summed E-state index contributed by atoms with van der Waals surface area (Å²) in [7, 11) is 0. The summed E-state index contributed by atoms with van der Waals surface area (Å²) in [5, 5.41) is 12.0. The molecule has 1 aromatic heterocycles. The Morgan fingerprint density at radius 3 is 2.48 bits per heavy atom. The Morgan fingerprint density at radius 2 is 1.87 bits per heavy atom. The molecule has 3 aromatic rings. The summed E-state index contributed by atoms with van der Waals surface area (Å²) >= 11 is 7.09. The van der Waals surface area contributed by atoms with Gasteiger partial charge in [-0.1, -0.05) is 47.2 Å². The molecule has 0 fully saturated rings. The van der Waals surface area contributed by atoms with E-state index in [1.807, 2.05) is 24.3 Å². The summed E-state index contributed by atoms with van der Waals surface area (Å²) in [6.45, 7) is 1.82. The predicted octanol–water partition coefficient (Wildman–Crippen LogP) is 4.64. The van der Waals surface area contributed by atoms with E-state index in [4.69, 9.17) is 17.3 Å². The molecule has 0 aliphatic carbocycles. The number of amides is 1. The zero-order valence-electron chi connectivity index (χ0n) is 16.2. The lowest BCUT2D eigenvalue weighted by Gasteiger charge is -2.15. The van der Waals surface area contributed by atoms with Crippen molar-refractivity contribution in [1.82, 2.24) is 15.5 Å². The fourth-order valence-electron chi connectivity index (χ4n) is 2.86. The van der Waals surface area contributed by atoms with Crippen LogP contribution in [0.2, 0.25) is 5.02 Å². The number of nitrogens with one attached hydrogen (secondary N) is 1. The maximum absolute atomic E-state index is 12.6. The SMILES string of the molecule is CC(=O)NC(Cc1ccc(CN)cc1)c1nnc(-c2cc(Cl)cc(OC(F)(F)F)c2)s1. The minimum absolute atomic E-state index is 0.0619. The molecule has 2 aromatic carbocycles. The lowest BCUT2D eigenvalue weighted by Crippen LogP contribution is -2.27. The summed E-state index contributed by atoms with van der Waals surface area (Å²) < 4.78 is 41.6. The highest BCUT2D eigenvalue weighted by Crippen LogP contribution is 2.34. The van der Waals surface area contributed by atoms with Gasteiger partial charge >= 0.3 is 6.36 Å². The number of nitrogens with two attached hydrogens (primary N) is 1. The van der Waals surface area contributed by atoms with E-state index in [1.165, 1.54) is 19.1 Å². The number of hydrogen-bond acceptors (Lipinski definition) is 6. The first-order chi connectivity index (χ1) is 14.6. The molecule has 0 spiro atoms. The third kappa shape index (κ3) is 6.65. The highest BCUT2D eigenvalue weighted by Gasteiger charge is 2.31. The van der Waals surface area contributed by atoms with Gasteiger partial charge in [-0.05, 0) is 35.7 Å². The Hall–Kier alpha value is -2.69. The molecule has 1 amide bonds. The molecule has 6 nitrogen and oxygen atoms in total. The first-order valence-corrected chi connectivity index (χ1v) is 10.3. The average molecular weight is 471 g/mol. The molecule has 0 aliphatic rings. The van der Waals surface area contributed by atoms with Gasteiger partial charge < -0.3 is 15.8 Å². The predicted molar refractivity (Wildman–Crippen MR) is 112 cm³/mol. The molecule has 1 atom stereocenters. The lowest BCUT2D eigenvalue weighted by atomic mass is 10.0. The van der Waals surface area contributed by atoms with Crippen molar-refractivity contribution in [3.63, 3.8) is 0 Å². The molecule has 11 heteroatoms. The normalized spacial score (nSPS) is 12.5. The van der Waals surface area contributed by atoms with E-state index in [9.17, 15) is 18.0 Å². The number of alkyl halides is 3. The van der Waals surface area contributed by atoms with Crippen molar-refractivity contribution in [2.45, 2.75) is 32.3 Å². The van der Waals surface area contributed by atoms with E-state index < -0.39 is 18.2 Å². The highest BCUT2D eigenvalue weighted by atomic mass is 35.5. The molecule has 0 radical (unpaired) electrons. The number of carbonyl (C=O) groups excluding carboxylic acids is 1. The van der Waals surface area contributed by atoms with Crippen LogP contribution in [0, 0.1) is 0 Å². The van der Waals surface area contributed by atoms with Crippen LogP contribution in [-0.4, -0.2) is 22.5 Å². The van der Waals surface area contributed by atoms with Gasteiger partial charge in [-0.2, -0.15) is 0 Å². The van der Waals surface area contributed by atoms with Gasteiger partial charge in [0, 0.05) is 24.1 Å². The molecule has 0 saturated heterocycles. The molecule has 1 heterocycles. The van der Waals surface area contributed by atoms with E-state index in [-0.39, 0.29) is 10.9 Å². The van der Waals surface area contributed by atoms with E-state index in [2.05, 4.69) is 20.3 Å². The summed E-state index contributed by atoms with van der Waals surface area (Å²) in [4.78, 5) is 11.7. The van der Waals surface area contributed by atoms with Gasteiger partial charge in [0.2, 0.25) is 5.91 Å². The Bertz CT molecular complexity index is 1060. The number of rotatable bonds is 7. The molecule has 31 heavy (non-hydrogen) atoms. The fraction of sp³-hybridized carbons (Fsp3) is 0.250. The van der Waals surface area contributed by atoms with E-state index in [1.54, 1.807) is 0 Å². The van der Waals surface area contributed by atoms with Crippen LogP contribution in [0.3, 0.4) is 0 Å². The van der Waals surface area contributed by atoms with Crippen molar-refractivity contribution in [3.8, 4) is 16.3 Å². The second kappa shape index (κ2) is 9.63. The number of hydrogen-bond donors (Lipinski definition) is 2. The van der Waals surface area contributed by atoms with Crippen LogP contribution in [-0.2, 0) is 17.8 Å². The maximum atomic E-state index is 12.6. The minimum Gasteiger partial charge on any atom is -0.406 e. The van der Waals surface area contributed by atoms with Crippen molar-refractivity contribution >= 4 is 28.8 Å². The van der Waals surface area contributed by atoms with Crippen LogP contribution >= 0.6 is 22.9 Å². The van der Waals surface area contributed by atoms with Crippen molar-refractivity contribution in [2.24, 2.45) is 5.73 Å². The second-order valence-corrected chi connectivity index (χ2v) is 8.09. The number of nitrogens with zero attached hydrogens (tertiary/aromatic N) is 2. The topological polar surface area (TPSA) is 90.1 Å². The Labute approximate surface area is 185 Å². The highest BCUT2D eigenvalue weighted by molar-refractivity contribution is 7.14. The summed E-state index contributed by atoms with van der Waals surface area (Å²) in [5.41, 5.74) is 7.88. The van der Waals surface area contributed by atoms with E-state index in [0.717, 1.165) is 28.5 Å². The fourth-order valence-corrected chi connectivity index (χ4v) is 3.97. The van der Waals surface area contributed by atoms with Gasteiger partial charge in [-0.3, -0.25) is 4.79 Å². The number of aromatic nitrogens is 2. The monoisotopic (exact) mass is 470 g/mol. The maximum Gasteiger partial charge on any atom is 0.573 e. The van der Waals surface area contributed by atoms with E-state index in [0.29, 0.717) is 28.5 Å². The zero-order chi connectivity index (χ0) is 22.6. The number of halogens is 4. The molecular weight excluding hydrogens is 453 g/mol. The third-order valence-electron chi connectivity index (χ3n) is 4.17. The zero-order valence-corrected chi connectivity index (χ0v) is 17.8.